The highest BCUT2D eigenvalue weighted by atomic mass is 31.2. The molecule has 8 nitrogen and oxygen atoms in total. The van der Waals surface area contributed by atoms with Gasteiger partial charge in [0.1, 0.15) is 0 Å². The second-order valence-electron chi connectivity index (χ2n) is 13.1. The van der Waals surface area contributed by atoms with E-state index in [1.807, 2.05) is 6.08 Å². The summed E-state index contributed by atoms with van der Waals surface area (Å²) in [5.74, 6) is -0.253. The number of carbonyl (C=O) groups is 1. The molecule has 0 spiro atoms. The fourth-order valence-corrected chi connectivity index (χ4v) is 5.91. The third-order valence-electron chi connectivity index (χ3n) is 8.18. The number of carbonyl (C=O) groups excluding carboxylic acids is 1. The number of hydrogen-bond acceptors (Lipinski definition) is 6. The second-order valence-corrected chi connectivity index (χ2v) is 14.5. The Labute approximate surface area is 318 Å². The molecular formula is C43H75N2O6P. The van der Waals surface area contributed by atoms with Crippen molar-refractivity contribution in [3.05, 3.63) is 85.1 Å². The van der Waals surface area contributed by atoms with Crippen LogP contribution in [0.5, 0.6) is 0 Å². The van der Waals surface area contributed by atoms with Crippen LogP contribution in [0, 0.1) is 0 Å². The summed E-state index contributed by atoms with van der Waals surface area (Å²) in [7, 11) is -4.36. The van der Waals surface area contributed by atoms with E-state index in [-0.39, 0.29) is 32.1 Å². The van der Waals surface area contributed by atoms with Crippen LogP contribution >= 0.6 is 7.82 Å². The predicted octanol–water partition coefficient (Wildman–Crippen LogP) is 11.0. The minimum absolute atomic E-state index is 0.0604. The Morgan fingerprint density at radius 1 is 0.654 bits per heavy atom. The molecule has 0 aliphatic carbocycles. The van der Waals surface area contributed by atoms with Crippen LogP contribution in [0.4, 0.5) is 0 Å². The Kier molecular flexibility index (Phi) is 36.7. The summed E-state index contributed by atoms with van der Waals surface area (Å²) < 4.78 is 22.0. The number of amides is 1. The monoisotopic (exact) mass is 747 g/mol. The molecule has 0 aromatic rings. The van der Waals surface area contributed by atoms with E-state index in [0.29, 0.717) is 6.42 Å². The molecule has 298 valence electrons. The van der Waals surface area contributed by atoms with Gasteiger partial charge in [-0.25, -0.2) is 4.57 Å². The molecule has 0 saturated heterocycles. The van der Waals surface area contributed by atoms with Gasteiger partial charge in [-0.15, -0.1) is 0 Å². The van der Waals surface area contributed by atoms with Gasteiger partial charge >= 0.3 is 7.82 Å². The van der Waals surface area contributed by atoms with E-state index in [1.165, 1.54) is 57.8 Å². The number of nitrogens with one attached hydrogen (secondary N) is 1. The zero-order valence-electron chi connectivity index (χ0n) is 32.8. The molecule has 0 heterocycles. The minimum atomic E-state index is -4.36. The highest BCUT2D eigenvalue weighted by Crippen LogP contribution is 2.43. The number of unbranched alkanes of at least 4 members (excludes halogenated alkanes) is 12. The van der Waals surface area contributed by atoms with Crippen LogP contribution in [-0.4, -0.2) is 47.8 Å². The Morgan fingerprint density at radius 3 is 1.71 bits per heavy atom. The molecule has 0 bridgehead atoms. The van der Waals surface area contributed by atoms with Crippen molar-refractivity contribution in [1.29, 1.82) is 0 Å². The molecule has 52 heavy (non-hydrogen) atoms. The number of phosphoric ester groups is 1. The fourth-order valence-electron chi connectivity index (χ4n) is 5.15. The number of hydrogen-bond donors (Lipinski definition) is 4. The van der Waals surface area contributed by atoms with E-state index in [1.54, 1.807) is 6.08 Å². The van der Waals surface area contributed by atoms with Crippen molar-refractivity contribution in [2.45, 2.75) is 161 Å². The quantitative estimate of drug-likeness (QED) is 0.0285. The van der Waals surface area contributed by atoms with Crippen LogP contribution in [0.1, 0.15) is 149 Å². The van der Waals surface area contributed by atoms with Gasteiger partial charge in [0.15, 0.2) is 0 Å². The first-order chi connectivity index (χ1) is 25.4. The molecule has 9 heteroatoms. The lowest BCUT2D eigenvalue weighted by Crippen LogP contribution is -2.45. The van der Waals surface area contributed by atoms with Crippen molar-refractivity contribution in [3.8, 4) is 0 Å². The van der Waals surface area contributed by atoms with E-state index >= 15 is 0 Å². The first kappa shape index (κ1) is 49.7. The summed E-state index contributed by atoms with van der Waals surface area (Å²) in [6.45, 7) is 3.92. The maximum absolute atomic E-state index is 12.7. The molecule has 0 aromatic carbocycles. The van der Waals surface area contributed by atoms with Gasteiger partial charge in [0.05, 0.1) is 25.4 Å². The molecule has 0 radical (unpaired) electrons. The van der Waals surface area contributed by atoms with Gasteiger partial charge in [-0.3, -0.25) is 13.8 Å². The molecule has 0 rings (SSSR count). The topological polar surface area (TPSA) is 131 Å². The Bertz CT molecular complexity index is 1080. The first-order valence-corrected chi connectivity index (χ1v) is 21.7. The average Bonchev–Trinajstić information content (AvgIpc) is 3.13. The van der Waals surface area contributed by atoms with Gasteiger partial charge in [-0.05, 0) is 83.5 Å². The predicted molar refractivity (Wildman–Crippen MR) is 221 cm³/mol. The standard InChI is InChI=1S/C43H75N2O6P/c1-3-5-7-9-11-13-15-17-19-20-21-23-24-26-28-30-32-34-36-42(46)41(40-51-52(48,49)50-39-38-44)45-43(47)37-35-33-31-29-27-25-22-18-16-14-12-10-8-6-4-2/h6,8,12,14,18,20-22,26-29,34,36,41-42,46H,3-5,7,9-11,13,15-17,19,23-25,30-33,35,37-40,44H2,1-2H3,(H,45,47)(H,48,49)/b8-6-,14-12-,21-20+,22-18-,28-26+,29-27-,36-34+. The van der Waals surface area contributed by atoms with Gasteiger partial charge < -0.3 is 21.1 Å². The molecule has 0 saturated carbocycles. The number of phosphoric acid groups is 1. The van der Waals surface area contributed by atoms with Crippen molar-refractivity contribution >= 4 is 13.7 Å². The molecule has 3 atom stereocenters. The molecule has 0 aliphatic rings. The van der Waals surface area contributed by atoms with Gasteiger partial charge in [-0.2, -0.15) is 0 Å². The van der Waals surface area contributed by atoms with E-state index in [0.717, 1.165) is 64.2 Å². The highest BCUT2D eigenvalue weighted by Gasteiger charge is 2.26. The van der Waals surface area contributed by atoms with E-state index in [2.05, 4.69) is 92.1 Å². The first-order valence-electron chi connectivity index (χ1n) is 20.2. The summed E-state index contributed by atoms with van der Waals surface area (Å²) in [5, 5.41) is 13.6. The summed E-state index contributed by atoms with van der Waals surface area (Å²) in [6, 6.07) is -0.909. The Hall–Kier alpha value is -2.32. The summed E-state index contributed by atoms with van der Waals surface area (Å²) in [6.07, 6.45) is 50.7. The molecule has 1 amide bonds. The minimum Gasteiger partial charge on any atom is -0.387 e. The number of rotatable bonds is 36. The van der Waals surface area contributed by atoms with Crippen LogP contribution in [0.25, 0.3) is 0 Å². The Morgan fingerprint density at radius 2 is 1.13 bits per heavy atom. The summed E-state index contributed by atoms with van der Waals surface area (Å²) >= 11 is 0. The summed E-state index contributed by atoms with van der Waals surface area (Å²) in [5.41, 5.74) is 5.36. The van der Waals surface area contributed by atoms with Gasteiger partial charge in [0.2, 0.25) is 5.91 Å². The molecule has 0 aliphatic heterocycles. The number of aliphatic hydroxyl groups excluding tert-OH is 1. The van der Waals surface area contributed by atoms with Crippen molar-refractivity contribution in [2.75, 3.05) is 19.8 Å². The van der Waals surface area contributed by atoms with Gasteiger partial charge in [0.25, 0.3) is 0 Å². The largest absolute Gasteiger partial charge is 0.472 e. The Balaban J connectivity index is 4.45. The van der Waals surface area contributed by atoms with Crippen LogP contribution in [0.2, 0.25) is 0 Å². The van der Waals surface area contributed by atoms with Crippen LogP contribution in [0.15, 0.2) is 85.1 Å². The van der Waals surface area contributed by atoms with Crippen molar-refractivity contribution in [1.82, 2.24) is 5.32 Å². The van der Waals surface area contributed by atoms with Crippen molar-refractivity contribution < 1.29 is 28.4 Å². The van der Waals surface area contributed by atoms with Crippen LogP contribution in [0.3, 0.4) is 0 Å². The highest BCUT2D eigenvalue weighted by molar-refractivity contribution is 7.47. The maximum atomic E-state index is 12.7. The lowest BCUT2D eigenvalue weighted by molar-refractivity contribution is -0.123. The van der Waals surface area contributed by atoms with Gasteiger partial charge in [-0.1, -0.05) is 144 Å². The number of nitrogens with two attached hydrogens (primary N) is 1. The second kappa shape index (κ2) is 38.4. The fraction of sp³-hybridized carbons (Fsp3) is 0.651. The smallest absolute Gasteiger partial charge is 0.387 e. The molecular weight excluding hydrogens is 671 g/mol. The van der Waals surface area contributed by atoms with Crippen molar-refractivity contribution in [3.63, 3.8) is 0 Å². The third-order valence-corrected chi connectivity index (χ3v) is 9.17. The summed E-state index contributed by atoms with van der Waals surface area (Å²) in [4.78, 5) is 22.6. The lowest BCUT2D eigenvalue weighted by Gasteiger charge is -2.23. The van der Waals surface area contributed by atoms with Crippen LogP contribution < -0.4 is 11.1 Å². The molecule has 0 fully saturated rings. The normalized spacial score (nSPS) is 15.1. The van der Waals surface area contributed by atoms with Crippen LogP contribution in [-0.2, 0) is 18.4 Å². The molecule has 3 unspecified atom stereocenters. The molecule has 0 aromatic heterocycles. The zero-order valence-corrected chi connectivity index (χ0v) is 33.7. The number of aliphatic hydroxyl groups is 1. The average molecular weight is 747 g/mol. The third kappa shape index (κ3) is 36.1. The molecule has 5 N–H and O–H groups in total. The van der Waals surface area contributed by atoms with Gasteiger partial charge in [0, 0.05) is 13.0 Å². The zero-order chi connectivity index (χ0) is 38.2. The van der Waals surface area contributed by atoms with E-state index < -0.39 is 20.0 Å². The van der Waals surface area contributed by atoms with Crippen molar-refractivity contribution in [2.24, 2.45) is 5.73 Å². The van der Waals surface area contributed by atoms with E-state index in [4.69, 9.17) is 14.8 Å². The number of allylic oxidation sites excluding steroid dienone is 13. The lowest BCUT2D eigenvalue weighted by atomic mass is 10.1. The van der Waals surface area contributed by atoms with E-state index in [9.17, 15) is 19.4 Å². The maximum Gasteiger partial charge on any atom is 0.472 e. The SMILES string of the molecule is CC/C=C\C/C=C\C/C=C\C/C=C\CCCCC(=O)NC(COP(=O)(O)OCCN)C(O)/C=C/CC/C=C/CC/C=C/CCCCCCCCCC.